The fraction of sp³-hybridized carbons (Fsp3) is 0.529. The molecule has 1 N–H and O–H groups in total. The second-order valence-corrected chi connectivity index (χ2v) is 8.56. The molecule has 2 aromatic rings. The second-order valence-electron chi connectivity index (χ2n) is 6.62. The topological polar surface area (TPSA) is 12.0 Å². The lowest BCUT2D eigenvalue weighted by Gasteiger charge is -2.35. The fourth-order valence-electron chi connectivity index (χ4n) is 3.16. The van der Waals surface area contributed by atoms with E-state index in [4.69, 9.17) is 0 Å². The molecule has 1 atom stereocenters. The van der Waals surface area contributed by atoms with Crippen LogP contribution < -0.4 is 5.32 Å². The normalized spacial score (nSPS) is 22.0. The molecule has 2 aromatic heterocycles. The van der Waals surface area contributed by atoms with Crippen LogP contribution in [0.15, 0.2) is 29.0 Å². The van der Waals surface area contributed by atoms with Gasteiger partial charge in [-0.1, -0.05) is 26.3 Å². The van der Waals surface area contributed by atoms with Crippen LogP contribution in [-0.2, 0) is 6.54 Å². The highest BCUT2D eigenvalue weighted by Gasteiger charge is 2.27. The van der Waals surface area contributed by atoms with Gasteiger partial charge in [0.2, 0.25) is 0 Å². The van der Waals surface area contributed by atoms with Crippen LogP contribution in [0.25, 0.3) is 10.4 Å². The Morgan fingerprint density at radius 1 is 1.35 bits per heavy atom. The van der Waals surface area contributed by atoms with Gasteiger partial charge in [0.25, 0.3) is 0 Å². The van der Waals surface area contributed by atoms with E-state index in [9.17, 15) is 0 Å². The second kappa shape index (κ2) is 6.00. The molecule has 1 aliphatic rings. The maximum absolute atomic E-state index is 3.77. The standard InChI is InChI=1S/C17H23NS2/c1-17(2)7-3-5-14(10-17)18-11-15-9-13(12-20-15)16-6-4-8-19-16/h4,6,8-9,12,14,18H,3,5,7,10-11H2,1-2H3. The smallest absolute Gasteiger partial charge is 0.0351 e. The highest BCUT2D eigenvalue weighted by atomic mass is 32.1. The highest BCUT2D eigenvalue weighted by Crippen LogP contribution is 2.35. The highest BCUT2D eigenvalue weighted by molar-refractivity contribution is 7.14. The summed E-state index contributed by atoms with van der Waals surface area (Å²) in [5.41, 5.74) is 1.90. The van der Waals surface area contributed by atoms with Gasteiger partial charge in [-0.15, -0.1) is 22.7 Å². The van der Waals surface area contributed by atoms with Crippen molar-refractivity contribution in [3.05, 3.63) is 33.8 Å². The average Bonchev–Trinajstić information content (AvgIpc) is 3.06. The number of nitrogens with one attached hydrogen (secondary N) is 1. The van der Waals surface area contributed by atoms with Gasteiger partial charge in [-0.25, -0.2) is 0 Å². The lowest BCUT2D eigenvalue weighted by atomic mass is 9.75. The quantitative estimate of drug-likeness (QED) is 0.782. The summed E-state index contributed by atoms with van der Waals surface area (Å²) < 4.78 is 0. The van der Waals surface area contributed by atoms with Crippen molar-refractivity contribution < 1.29 is 0 Å². The summed E-state index contributed by atoms with van der Waals surface area (Å²) in [6, 6.07) is 7.37. The Morgan fingerprint density at radius 2 is 2.25 bits per heavy atom. The van der Waals surface area contributed by atoms with Crippen LogP contribution >= 0.6 is 22.7 Å². The van der Waals surface area contributed by atoms with Gasteiger partial charge in [0.1, 0.15) is 0 Å². The summed E-state index contributed by atoms with van der Waals surface area (Å²) in [5.74, 6) is 0. The van der Waals surface area contributed by atoms with Crippen LogP contribution in [0.4, 0.5) is 0 Å². The minimum atomic E-state index is 0.521. The molecular weight excluding hydrogens is 282 g/mol. The van der Waals surface area contributed by atoms with Crippen LogP contribution in [-0.4, -0.2) is 6.04 Å². The fourth-order valence-corrected chi connectivity index (χ4v) is 4.79. The van der Waals surface area contributed by atoms with Gasteiger partial charge in [0, 0.05) is 27.9 Å². The maximum atomic E-state index is 3.77. The van der Waals surface area contributed by atoms with Crippen LogP contribution in [0.2, 0.25) is 0 Å². The predicted octanol–water partition coefficient (Wildman–Crippen LogP) is 5.54. The van der Waals surface area contributed by atoms with Crippen molar-refractivity contribution >= 4 is 22.7 Å². The molecule has 20 heavy (non-hydrogen) atoms. The van der Waals surface area contributed by atoms with E-state index in [2.05, 4.69) is 48.1 Å². The molecule has 1 fully saturated rings. The molecule has 3 rings (SSSR count). The molecule has 0 radical (unpaired) electrons. The zero-order valence-corrected chi connectivity index (χ0v) is 13.9. The summed E-state index contributed by atoms with van der Waals surface area (Å²) in [6.07, 6.45) is 5.41. The molecule has 0 bridgehead atoms. The van der Waals surface area contributed by atoms with Crippen molar-refractivity contribution in [1.29, 1.82) is 0 Å². The van der Waals surface area contributed by atoms with E-state index in [1.807, 2.05) is 22.7 Å². The Balaban J connectivity index is 1.56. The summed E-state index contributed by atoms with van der Waals surface area (Å²) in [4.78, 5) is 2.84. The van der Waals surface area contributed by atoms with Crippen molar-refractivity contribution in [2.45, 2.75) is 52.1 Å². The first-order chi connectivity index (χ1) is 9.62. The predicted molar refractivity (Wildman–Crippen MR) is 90.5 cm³/mol. The number of thiophene rings is 2. The van der Waals surface area contributed by atoms with Crippen LogP contribution in [0.5, 0.6) is 0 Å². The molecule has 0 aliphatic heterocycles. The van der Waals surface area contributed by atoms with Crippen molar-refractivity contribution in [3.8, 4) is 10.4 Å². The van der Waals surface area contributed by atoms with E-state index in [0.29, 0.717) is 11.5 Å². The minimum Gasteiger partial charge on any atom is -0.309 e. The molecular formula is C17H23NS2. The Kier molecular flexibility index (Phi) is 4.29. The van der Waals surface area contributed by atoms with E-state index < -0.39 is 0 Å². The first-order valence-electron chi connectivity index (χ1n) is 7.47. The Morgan fingerprint density at radius 3 is 3.00 bits per heavy atom. The molecule has 0 saturated heterocycles. The van der Waals surface area contributed by atoms with E-state index >= 15 is 0 Å². The van der Waals surface area contributed by atoms with Crippen LogP contribution in [0.1, 0.15) is 44.4 Å². The van der Waals surface area contributed by atoms with Crippen molar-refractivity contribution in [1.82, 2.24) is 5.32 Å². The minimum absolute atomic E-state index is 0.521. The van der Waals surface area contributed by atoms with E-state index in [0.717, 1.165) is 6.54 Å². The van der Waals surface area contributed by atoms with Crippen molar-refractivity contribution in [3.63, 3.8) is 0 Å². The number of hydrogen-bond donors (Lipinski definition) is 1. The van der Waals surface area contributed by atoms with Gasteiger partial charge < -0.3 is 5.32 Å². The van der Waals surface area contributed by atoms with E-state index in [1.165, 1.54) is 41.0 Å². The molecule has 1 aliphatic carbocycles. The SMILES string of the molecule is CC1(C)CCCC(NCc2cc(-c3cccs3)cs2)C1. The first-order valence-corrected chi connectivity index (χ1v) is 9.23. The lowest BCUT2D eigenvalue weighted by molar-refractivity contribution is 0.198. The lowest BCUT2D eigenvalue weighted by Crippen LogP contribution is -2.36. The zero-order chi connectivity index (χ0) is 14.0. The van der Waals surface area contributed by atoms with Gasteiger partial charge in [-0.3, -0.25) is 0 Å². The van der Waals surface area contributed by atoms with E-state index in [-0.39, 0.29) is 0 Å². The molecule has 1 saturated carbocycles. The Hall–Kier alpha value is -0.640. The van der Waals surface area contributed by atoms with Crippen molar-refractivity contribution in [2.75, 3.05) is 0 Å². The largest absolute Gasteiger partial charge is 0.309 e. The Bertz CT molecular complexity index is 539. The summed E-state index contributed by atoms with van der Waals surface area (Å²) in [7, 11) is 0. The van der Waals surface area contributed by atoms with Gasteiger partial charge in [0.05, 0.1) is 0 Å². The number of rotatable bonds is 4. The van der Waals surface area contributed by atoms with Crippen molar-refractivity contribution in [2.24, 2.45) is 5.41 Å². The molecule has 3 heteroatoms. The molecule has 0 spiro atoms. The summed E-state index contributed by atoms with van der Waals surface area (Å²) >= 11 is 3.70. The summed E-state index contributed by atoms with van der Waals surface area (Å²) in [5, 5.41) is 8.20. The van der Waals surface area contributed by atoms with Crippen LogP contribution in [0, 0.1) is 5.41 Å². The number of hydrogen-bond acceptors (Lipinski definition) is 3. The Labute approximate surface area is 130 Å². The maximum Gasteiger partial charge on any atom is 0.0351 e. The third-order valence-electron chi connectivity index (χ3n) is 4.23. The van der Waals surface area contributed by atoms with Crippen LogP contribution in [0.3, 0.4) is 0 Å². The van der Waals surface area contributed by atoms with Gasteiger partial charge in [-0.05, 0) is 47.6 Å². The van der Waals surface area contributed by atoms with E-state index in [1.54, 1.807) is 0 Å². The molecule has 0 amide bonds. The monoisotopic (exact) mass is 305 g/mol. The molecule has 2 heterocycles. The third-order valence-corrected chi connectivity index (χ3v) is 6.09. The molecule has 108 valence electrons. The van der Waals surface area contributed by atoms with Gasteiger partial charge in [-0.2, -0.15) is 0 Å². The first kappa shape index (κ1) is 14.3. The van der Waals surface area contributed by atoms with Gasteiger partial charge >= 0.3 is 0 Å². The molecule has 1 unspecified atom stereocenters. The zero-order valence-electron chi connectivity index (χ0n) is 12.3. The summed E-state index contributed by atoms with van der Waals surface area (Å²) in [6.45, 7) is 5.83. The average molecular weight is 306 g/mol. The third kappa shape index (κ3) is 3.51. The van der Waals surface area contributed by atoms with Gasteiger partial charge in [0.15, 0.2) is 0 Å². The molecule has 0 aromatic carbocycles. The molecule has 1 nitrogen and oxygen atoms in total.